The molecule has 1 aliphatic rings. The number of rotatable bonds is 3. The normalized spacial score (nSPS) is 24.6. The van der Waals surface area contributed by atoms with Crippen molar-refractivity contribution >= 4 is 27.5 Å². The third kappa shape index (κ3) is 3.74. The molecule has 5 heteroatoms. The lowest BCUT2D eigenvalue weighted by atomic mass is 9.99. The van der Waals surface area contributed by atoms with Crippen LogP contribution >= 0.6 is 27.5 Å². The summed E-state index contributed by atoms with van der Waals surface area (Å²) in [7, 11) is 0. The highest BCUT2D eigenvalue weighted by molar-refractivity contribution is 9.10. The van der Waals surface area contributed by atoms with Crippen LogP contribution in [0.4, 0.5) is 0 Å². The third-order valence-corrected chi connectivity index (χ3v) is 4.50. The van der Waals surface area contributed by atoms with Gasteiger partial charge in [0.05, 0.1) is 11.7 Å². The van der Waals surface area contributed by atoms with E-state index in [9.17, 15) is 0 Å². The molecule has 1 fully saturated rings. The van der Waals surface area contributed by atoms with E-state index >= 15 is 0 Å². The van der Waals surface area contributed by atoms with E-state index in [1.165, 1.54) is 5.56 Å². The Kier molecular flexibility index (Phi) is 5.14. The number of nitrogens with two attached hydrogens (primary N) is 1. The van der Waals surface area contributed by atoms with Gasteiger partial charge in [-0.15, -0.1) is 0 Å². The number of morpholine rings is 1. The molecular weight excluding hydrogens is 340 g/mol. The maximum Gasteiger partial charge on any atom is 0.0757 e. The lowest BCUT2D eigenvalue weighted by Crippen LogP contribution is -2.53. The number of halogens is 2. The van der Waals surface area contributed by atoms with E-state index in [1.807, 2.05) is 12.1 Å². The Morgan fingerprint density at radius 3 is 2.80 bits per heavy atom. The molecule has 1 heterocycles. The van der Waals surface area contributed by atoms with Crippen LogP contribution in [0.1, 0.15) is 32.4 Å². The molecule has 2 atom stereocenters. The summed E-state index contributed by atoms with van der Waals surface area (Å²) >= 11 is 9.63. The van der Waals surface area contributed by atoms with Gasteiger partial charge < -0.3 is 10.5 Å². The molecule has 1 aromatic carbocycles. The van der Waals surface area contributed by atoms with E-state index in [2.05, 4.69) is 47.7 Å². The zero-order valence-electron chi connectivity index (χ0n) is 12.2. The van der Waals surface area contributed by atoms with E-state index in [1.54, 1.807) is 0 Å². The molecular formula is C15H22BrClN2O. The molecule has 2 unspecified atom stereocenters. The number of hydrogen-bond acceptors (Lipinski definition) is 3. The van der Waals surface area contributed by atoms with E-state index in [-0.39, 0.29) is 17.7 Å². The van der Waals surface area contributed by atoms with Crippen molar-refractivity contribution in [2.24, 2.45) is 5.73 Å². The second-order valence-corrected chi connectivity index (χ2v) is 7.33. The van der Waals surface area contributed by atoms with E-state index in [4.69, 9.17) is 22.1 Å². The van der Waals surface area contributed by atoms with Crippen molar-refractivity contribution in [3.63, 3.8) is 0 Å². The summed E-state index contributed by atoms with van der Waals surface area (Å²) in [6.07, 6.45) is 0.207. The molecule has 1 aliphatic heterocycles. The Hall–Kier alpha value is -0.130. The molecule has 0 aliphatic carbocycles. The van der Waals surface area contributed by atoms with Gasteiger partial charge in [0.15, 0.2) is 0 Å². The van der Waals surface area contributed by atoms with E-state index in [0.29, 0.717) is 6.54 Å². The van der Waals surface area contributed by atoms with Crippen LogP contribution in [0.3, 0.4) is 0 Å². The van der Waals surface area contributed by atoms with Gasteiger partial charge in [-0.2, -0.15) is 0 Å². The Labute approximate surface area is 134 Å². The SMILES string of the molecule is CC1CN(C(CN)c2ccc(Cl)cc2Br)CC(C)(C)O1. The summed E-state index contributed by atoms with van der Waals surface area (Å²) in [5, 5.41) is 0.729. The molecule has 3 nitrogen and oxygen atoms in total. The quantitative estimate of drug-likeness (QED) is 0.894. The van der Waals surface area contributed by atoms with Crippen LogP contribution in [0.5, 0.6) is 0 Å². The first kappa shape index (κ1) is 16.2. The molecule has 0 saturated carbocycles. The maximum absolute atomic E-state index is 6.04. The largest absolute Gasteiger partial charge is 0.370 e. The fraction of sp³-hybridized carbons (Fsp3) is 0.600. The predicted molar refractivity (Wildman–Crippen MR) is 87.1 cm³/mol. The van der Waals surface area contributed by atoms with Gasteiger partial charge in [-0.05, 0) is 38.5 Å². The number of hydrogen-bond donors (Lipinski definition) is 1. The molecule has 0 amide bonds. The van der Waals surface area contributed by atoms with Gasteiger partial charge in [-0.3, -0.25) is 4.90 Å². The maximum atomic E-state index is 6.04. The Balaban J connectivity index is 2.27. The monoisotopic (exact) mass is 360 g/mol. The van der Waals surface area contributed by atoms with Crippen LogP contribution in [0.25, 0.3) is 0 Å². The Morgan fingerprint density at radius 2 is 2.25 bits per heavy atom. The zero-order valence-corrected chi connectivity index (χ0v) is 14.5. The van der Waals surface area contributed by atoms with Crippen molar-refractivity contribution in [3.8, 4) is 0 Å². The average Bonchev–Trinajstić information content (AvgIpc) is 2.30. The number of nitrogens with zero attached hydrogens (tertiary/aromatic N) is 1. The van der Waals surface area contributed by atoms with Crippen LogP contribution in [-0.2, 0) is 4.74 Å². The van der Waals surface area contributed by atoms with Crippen molar-refractivity contribution < 1.29 is 4.74 Å². The van der Waals surface area contributed by atoms with Crippen LogP contribution in [0.15, 0.2) is 22.7 Å². The summed E-state index contributed by atoms with van der Waals surface area (Å²) in [4.78, 5) is 2.40. The summed E-state index contributed by atoms with van der Waals surface area (Å²) in [6, 6.07) is 6.07. The topological polar surface area (TPSA) is 38.5 Å². The van der Waals surface area contributed by atoms with Gasteiger partial charge in [0.25, 0.3) is 0 Å². The molecule has 1 saturated heterocycles. The highest BCUT2D eigenvalue weighted by Crippen LogP contribution is 2.33. The highest BCUT2D eigenvalue weighted by Gasteiger charge is 2.35. The summed E-state index contributed by atoms with van der Waals surface area (Å²) in [6.45, 7) is 8.69. The van der Waals surface area contributed by atoms with Crippen molar-refractivity contribution in [1.82, 2.24) is 4.90 Å². The van der Waals surface area contributed by atoms with Gasteiger partial charge in [-0.25, -0.2) is 0 Å². The molecule has 1 aromatic rings. The van der Waals surface area contributed by atoms with Crippen molar-refractivity contribution in [3.05, 3.63) is 33.3 Å². The van der Waals surface area contributed by atoms with Crippen molar-refractivity contribution in [1.29, 1.82) is 0 Å². The van der Waals surface area contributed by atoms with Crippen LogP contribution < -0.4 is 5.73 Å². The Morgan fingerprint density at radius 1 is 1.55 bits per heavy atom. The first-order chi connectivity index (χ1) is 9.32. The molecule has 0 spiro atoms. The van der Waals surface area contributed by atoms with Gasteiger partial charge in [0.2, 0.25) is 0 Å². The summed E-state index contributed by atoms with van der Waals surface area (Å²) < 4.78 is 6.98. The number of benzene rings is 1. The molecule has 2 rings (SSSR count). The smallest absolute Gasteiger partial charge is 0.0757 e. The summed E-state index contributed by atoms with van der Waals surface area (Å²) in [5.41, 5.74) is 7.07. The van der Waals surface area contributed by atoms with Gasteiger partial charge in [0.1, 0.15) is 0 Å². The standard InChI is InChI=1S/C15H22BrClN2O/c1-10-8-19(9-15(2,3)20-10)14(7-18)12-5-4-11(17)6-13(12)16/h4-6,10,14H,7-9,18H2,1-3H3. The fourth-order valence-corrected chi connectivity index (χ4v) is 3.93. The Bertz CT molecular complexity index is 481. The molecule has 0 bridgehead atoms. The zero-order chi connectivity index (χ0) is 14.9. The molecule has 20 heavy (non-hydrogen) atoms. The molecule has 0 radical (unpaired) electrons. The average molecular weight is 362 g/mol. The third-order valence-electron chi connectivity index (χ3n) is 3.58. The van der Waals surface area contributed by atoms with Gasteiger partial charge in [-0.1, -0.05) is 33.6 Å². The van der Waals surface area contributed by atoms with Crippen molar-refractivity contribution in [2.75, 3.05) is 19.6 Å². The van der Waals surface area contributed by atoms with Crippen LogP contribution in [-0.4, -0.2) is 36.2 Å². The van der Waals surface area contributed by atoms with Gasteiger partial charge >= 0.3 is 0 Å². The lowest BCUT2D eigenvalue weighted by Gasteiger charge is -2.45. The minimum absolute atomic E-state index is 0.149. The van der Waals surface area contributed by atoms with Gasteiger partial charge in [0, 0.05) is 35.2 Å². The fourth-order valence-electron chi connectivity index (χ4n) is 2.98. The first-order valence-electron chi connectivity index (χ1n) is 6.89. The van der Waals surface area contributed by atoms with Crippen LogP contribution in [0, 0.1) is 0 Å². The number of ether oxygens (including phenoxy) is 1. The van der Waals surface area contributed by atoms with Crippen molar-refractivity contribution in [2.45, 2.75) is 38.5 Å². The molecule has 0 aromatic heterocycles. The van der Waals surface area contributed by atoms with Crippen LogP contribution in [0.2, 0.25) is 5.02 Å². The van der Waals surface area contributed by atoms with E-state index < -0.39 is 0 Å². The van der Waals surface area contributed by atoms with E-state index in [0.717, 1.165) is 22.6 Å². The molecule has 2 N–H and O–H groups in total. The first-order valence-corrected chi connectivity index (χ1v) is 8.06. The summed E-state index contributed by atoms with van der Waals surface area (Å²) in [5.74, 6) is 0. The minimum Gasteiger partial charge on any atom is -0.370 e. The molecule has 112 valence electrons. The second-order valence-electron chi connectivity index (χ2n) is 6.03. The highest BCUT2D eigenvalue weighted by atomic mass is 79.9. The lowest BCUT2D eigenvalue weighted by molar-refractivity contribution is -0.137. The minimum atomic E-state index is -0.149. The second kappa shape index (κ2) is 6.32. The predicted octanol–water partition coefficient (Wildman–Crippen LogP) is 3.60.